The van der Waals surface area contributed by atoms with Gasteiger partial charge in [-0.15, -0.1) is 0 Å². The van der Waals surface area contributed by atoms with Gasteiger partial charge in [0.1, 0.15) is 11.3 Å². The largest absolute Gasteiger partial charge is 0.508 e. The van der Waals surface area contributed by atoms with Gasteiger partial charge in [-0.2, -0.15) is 0 Å². The molecule has 2 aromatic rings. The van der Waals surface area contributed by atoms with Gasteiger partial charge in [-0.05, 0) is 37.3 Å². The Balaban J connectivity index is 1.86. The van der Waals surface area contributed by atoms with Crippen LogP contribution in [0.2, 0.25) is 0 Å². The molecule has 0 bridgehead atoms. The molecule has 2 aromatic carbocycles. The molecule has 4 rings (SSSR count). The Labute approximate surface area is 169 Å². The Kier molecular flexibility index (Phi) is 4.28. The van der Waals surface area contributed by atoms with Crippen LogP contribution in [0.4, 0.5) is 5.69 Å². The van der Waals surface area contributed by atoms with Gasteiger partial charge in [0.2, 0.25) is 11.8 Å². The van der Waals surface area contributed by atoms with Crippen molar-refractivity contribution in [2.45, 2.75) is 18.5 Å². The van der Waals surface area contributed by atoms with E-state index in [9.17, 15) is 24.6 Å². The number of carbonyl (C=O) groups excluding carboxylic acids is 2. The van der Waals surface area contributed by atoms with Crippen LogP contribution < -0.4 is 10.2 Å². The summed E-state index contributed by atoms with van der Waals surface area (Å²) in [7, 11) is 0. The quantitative estimate of drug-likeness (QED) is 0.627. The summed E-state index contributed by atoms with van der Waals surface area (Å²) in [6, 6.07) is 12.3. The highest BCUT2D eigenvalue weighted by atomic mass is 79.9. The first-order valence-corrected chi connectivity index (χ1v) is 9.47. The minimum Gasteiger partial charge on any atom is -0.508 e. The fourth-order valence-corrected chi connectivity index (χ4v) is 4.59. The van der Waals surface area contributed by atoms with Gasteiger partial charge in [-0.3, -0.25) is 19.7 Å². The zero-order valence-electron chi connectivity index (χ0n) is 14.8. The van der Waals surface area contributed by atoms with Gasteiger partial charge >= 0.3 is 5.97 Å². The number of phenols is 1. The highest BCUT2D eigenvalue weighted by Crippen LogP contribution is 2.51. The zero-order chi connectivity index (χ0) is 20.2. The number of imide groups is 1. The minimum absolute atomic E-state index is 0.0764. The summed E-state index contributed by atoms with van der Waals surface area (Å²) in [6.07, 6.45) is 0. The number of nitrogens with one attached hydrogen (secondary N) is 1. The molecule has 0 aliphatic carbocycles. The van der Waals surface area contributed by atoms with Crippen LogP contribution in [0.15, 0.2) is 53.0 Å². The highest BCUT2D eigenvalue weighted by molar-refractivity contribution is 9.10. The third-order valence-corrected chi connectivity index (χ3v) is 6.06. The topological polar surface area (TPSA) is 107 Å². The molecule has 4 atom stereocenters. The number of benzene rings is 2. The number of hydrogen-bond donors (Lipinski definition) is 3. The Morgan fingerprint density at radius 1 is 1.14 bits per heavy atom. The lowest BCUT2D eigenvalue weighted by Crippen LogP contribution is -2.53. The molecule has 0 spiro atoms. The molecule has 144 valence electrons. The Morgan fingerprint density at radius 3 is 2.46 bits per heavy atom. The number of anilines is 1. The molecule has 2 aliphatic heterocycles. The van der Waals surface area contributed by atoms with Crippen molar-refractivity contribution in [1.82, 2.24) is 5.32 Å². The van der Waals surface area contributed by atoms with E-state index in [-0.39, 0.29) is 5.75 Å². The molecule has 2 fully saturated rings. The van der Waals surface area contributed by atoms with Crippen molar-refractivity contribution in [3.05, 3.63) is 58.6 Å². The van der Waals surface area contributed by atoms with E-state index in [2.05, 4.69) is 21.2 Å². The Morgan fingerprint density at radius 2 is 1.82 bits per heavy atom. The number of hydrogen-bond acceptors (Lipinski definition) is 5. The van der Waals surface area contributed by atoms with Crippen LogP contribution in [0, 0.1) is 11.8 Å². The van der Waals surface area contributed by atoms with E-state index in [0.29, 0.717) is 15.7 Å². The lowest BCUT2D eigenvalue weighted by molar-refractivity contribution is -0.147. The molecule has 0 radical (unpaired) electrons. The highest BCUT2D eigenvalue weighted by Gasteiger charge is 2.67. The maximum Gasteiger partial charge on any atom is 0.324 e. The standard InChI is InChI=1S/C20H17BrN2O5/c1-20(19(27)28)15-14(16(22-20)12-9-10(21)7-8-13(12)24)17(25)23(18(15)26)11-5-3-2-4-6-11/h2-9,14-16,22,24H,1H3,(H,27,28)/t14-,15+,16-,20-/m0/s1. The number of fused-ring (bicyclic) bond motifs is 1. The number of carbonyl (C=O) groups is 3. The molecule has 0 unspecified atom stereocenters. The van der Waals surface area contributed by atoms with Gasteiger partial charge in [0, 0.05) is 16.1 Å². The van der Waals surface area contributed by atoms with Gasteiger partial charge in [0.15, 0.2) is 0 Å². The Hall–Kier alpha value is -2.71. The lowest BCUT2D eigenvalue weighted by Gasteiger charge is -2.27. The molecule has 0 aromatic heterocycles. The van der Waals surface area contributed by atoms with Crippen molar-refractivity contribution in [1.29, 1.82) is 0 Å². The fourth-order valence-electron chi connectivity index (χ4n) is 4.21. The Bertz CT molecular complexity index is 995. The zero-order valence-corrected chi connectivity index (χ0v) is 16.4. The number of carboxylic acid groups (broad SMARTS) is 1. The second kappa shape index (κ2) is 6.42. The third-order valence-electron chi connectivity index (χ3n) is 5.57. The molecule has 7 nitrogen and oxygen atoms in total. The summed E-state index contributed by atoms with van der Waals surface area (Å²) in [5.41, 5.74) is -0.886. The van der Waals surface area contributed by atoms with E-state index in [4.69, 9.17) is 0 Å². The van der Waals surface area contributed by atoms with Crippen molar-refractivity contribution < 1.29 is 24.6 Å². The van der Waals surface area contributed by atoms with Crippen molar-refractivity contribution in [3.8, 4) is 5.75 Å². The number of carboxylic acids is 1. The lowest BCUT2D eigenvalue weighted by atomic mass is 9.80. The van der Waals surface area contributed by atoms with E-state index in [0.717, 1.165) is 4.90 Å². The first kappa shape index (κ1) is 18.6. The molecule has 2 heterocycles. The van der Waals surface area contributed by atoms with Gasteiger partial charge in [-0.1, -0.05) is 34.1 Å². The molecule has 8 heteroatoms. The van der Waals surface area contributed by atoms with Crippen molar-refractivity contribution in [2.24, 2.45) is 11.8 Å². The second-order valence-electron chi connectivity index (χ2n) is 7.18. The number of aliphatic carboxylic acids is 1. The molecule has 3 N–H and O–H groups in total. The summed E-state index contributed by atoms with van der Waals surface area (Å²) in [4.78, 5) is 39.6. The van der Waals surface area contributed by atoms with Crippen LogP contribution in [0.5, 0.6) is 5.75 Å². The smallest absolute Gasteiger partial charge is 0.324 e. The third kappa shape index (κ3) is 2.56. The molecule has 0 saturated carbocycles. The number of amides is 2. The maximum absolute atomic E-state index is 13.3. The molecule has 2 saturated heterocycles. The molecule has 2 aliphatic rings. The molecule has 2 amide bonds. The van der Waals surface area contributed by atoms with Crippen LogP contribution in [0.25, 0.3) is 0 Å². The normalized spacial score (nSPS) is 29.2. The van der Waals surface area contributed by atoms with Crippen LogP contribution in [0.3, 0.4) is 0 Å². The maximum atomic E-state index is 13.3. The average molecular weight is 445 g/mol. The van der Waals surface area contributed by atoms with Gasteiger partial charge in [-0.25, -0.2) is 4.90 Å². The summed E-state index contributed by atoms with van der Waals surface area (Å²) in [5, 5.41) is 23.1. The van der Waals surface area contributed by atoms with Crippen molar-refractivity contribution in [3.63, 3.8) is 0 Å². The summed E-state index contributed by atoms with van der Waals surface area (Å²) in [5.74, 6) is -4.39. The molecular weight excluding hydrogens is 428 g/mol. The van der Waals surface area contributed by atoms with E-state index >= 15 is 0 Å². The first-order valence-electron chi connectivity index (χ1n) is 8.68. The van der Waals surface area contributed by atoms with Crippen molar-refractivity contribution >= 4 is 39.4 Å². The molecular formula is C20H17BrN2O5. The number of aromatic hydroxyl groups is 1. The predicted octanol–water partition coefficient (Wildman–Crippen LogP) is 2.45. The minimum atomic E-state index is -1.65. The van der Waals surface area contributed by atoms with Gasteiger partial charge < -0.3 is 10.2 Å². The SMILES string of the molecule is C[C@]1(C(=O)O)N[C@@H](c2cc(Br)ccc2O)[C@H]2C(=O)N(c3ccccc3)C(=O)[C@@H]21. The predicted molar refractivity (Wildman–Crippen MR) is 104 cm³/mol. The number of para-hydroxylation sites is 1. The van der Waals surface area contributed by atoms with Crippen LogP contribution >= 0.6 is 15.9 Å². The summed E-state index contributed by atoms with van der Waals surface area (Å²) < 4.78 is 0.666. The monoisotopic (exact) mass is 444 g/mol. The van der Waals surface area contributed by atoms with Crippen molar-refractivity contribution in [2.75, 3.05) is 4.90 Å². The van der Waals surface area contributed by atoms with Crippen LogP contribution in [-0.2, 0) is 14.4 Å². The van der Waals surface area contributed by atoms with Crippen LogP contribution in [0.1, 0.15) is 18.5 Å². The van der Waals surface area contributed by atoms with E-state index in [1.165, 1.54) is 13.0 Å². The molecule has 28 heavy (non-hydrogen) atoms. The summed E-state index contributed by atoms with van der Waals surface area (Å²) >= 11 is 3.33. The number of halogens is 1. The van der Waals surface area contributed by atoms with Crippen LogP contribution in [-0.4, -0.2) is 33.5 Å². The van der Waals surface area contributed by atoms with Gasteiger partial charge in [0.25, 0.3) is 0 Å². The fraction of sp³-hybridized carbons (Fsp3) is 0.250. The van der Waals surface area contributed by atoms with Gasteiger partial charge in [0.05, 0.1) is 17.5 Å². The van der Waals surface area contributed by atoms with E-state index in [1.54, 1.807) is 42.5 Å². The number of rotatable bonds is 3. The van der Waals surface area contributed by atoms with E-state index in [1.807, 2.05) is 0 Å². The summed E-state index contributed by atoms with van der Waals surface area (Å²) in [6.45, 7) is 1.40. The average Bonchev–Trinajstić information content (AvgIpc) is 3.12. The second-order valence-corrected chi connectivity index (χ2v) is 8.10. The number of nitrogens with zero attached hydrogens (tertiary/aromatic N) is 1. The number of phenolic OH excluding ortho intramolecular Hbond substituents is 1. The van der Waals surface area contributed by atoms with E-state index < -0.39 is 41.2 Å². The first-order chi connectivity index (χ1) is 13.3.